The van der Waals surface area contributed by atoms with Gasteiger partial charge >= 0.3 is 37.7 Å². The molecule has 0 aliphatic carbocycles. The topological polar surface area (TPSA) is 20.3 Å². The van der Waals surface area contributed by atoms with Gasteiger partial charge in [-0.15, -0.1) is 0 Å². The molecule has 0 radical (unpaired) electrons. The average Bonchev–Trinajstić information content (AvgIpc) is 1.36. The van der Waals surface area contributed by atoms with Crippen molar-refractivity contribution in [3.63, 3.8) is 0 Å². The first-order chi connectivity index (χ1) is 2.64. The van der Waals surface area contributed by atoms with Crippen LogP contribution in [-0.4, -0.2) is 62.6 Å². The molecule has 0 aromatic rings. The van der Waals surface area contributed by atoms with Crippen LogP contribution in [0.25, 0.3) is 0 Å². The fourth-order valence-electron chi connectivity index (χ4n) is 0. The van der Waals surface area contributed by atoms with Crippen molar-refractivity contribution < 1.29 is 4.79 Å². The molecule has 0 aliphatic heterocycles. The summed E-state index contributed by atoms with van der Waals surface area (Å²) in [6.07, 6.45) is 0. The molecular formula is C4H11CaNO. The molecule has 7 heavy (non-hydrogen) atoms. The molecule has 0 spiro atoms. The molecule has 0 N–H and O–H groups in total. The number of hydrogen-bond donors (Lipinski definition) is 0. The van der Waals surface area contributed by atoms with Gasteiger partial charge in [0.2, 0.25) is 5.91 Å². The van der Waals surface area contributed by atoms with Crippen LogP contribution in [-0.2, 0) is 4.79 Å². The third-order valence-electron chi connectivity index (χ3n) is 0.630. The molecule has 0 heterocycles. The molecule has 0 atom stereocenters. The van der Waals surface area contributed by atoms with Crippen LogP contribution in [0.4, 0.5) is 0 Å². The summed E-state index contributed by atoms with van der Waals surface area (Å²) in [5.74, 6) is 0.0926. The molecule has 0 unspecified atom stereocenters. The standard InChI is InChI=1S/C4H9NO.Ca.2H/c1-4(6)5(2)3;;;/h1-3H3;;;. The molecule has 0 aliphatic rings. The summed E-state index contributed by atoms with van der Waals surface area (Å²) in [5, 5.41) is 0. The van der Waals surface area contributed by atoms with Gasteiger partial charge in [-0.05, 0) is 0 Å². The fourth-order valence-corrected chi connectivity index (χ4v) is 0. The summed E-state index contributed by atoms with van der Waals surface area (Å²) < 4.78 is 0. The van der Waals surface area contributed by atoms with E-state index in [1.165, 1.54) is 11.8 Å². The molecular weight excluding hydrogens is 118 g/mol. The molecule has 40 valence electrons. The van der Waals surface area contributed by atoms with E-state index in [0.717, 1.165) is 0 Å². The first-order valence-corrected chi connectivity index (χ1v) is 1.82. The van der Waals surface area contributed by atoms with Crippen LogP contribution in [0.2, 0.25) is 0 Å². The van der Waals surface area contributed by atoms with Gasteiger partial charge in [-0.3, -0.25) is 4.79 Å². The van der Waals surface area contributed by atoms with Crippen LogP contribution >= 0.6 is 0 Å². The molecule has 0 aromatic carbocycles. The van der Waals surface area contributed by atoms with E-state index >= 15 is 0 Å². The number of hydrogen-bond acceptors (Lipinski definition) is 1. The first-order valence-electron chi connectivity index (χ1n) is 1.82. The van der Waals surface area contributed by atoms with Gasteiger partial charge < -0.3 is 4.90 Å². The quantitative estimate of drug-likeness (QED) is 0.391. The monoisotopic (exact) mass is 129 g/mol. The third-order valence-corrected chi connectivity index (χ3v) is 0.630. The Morgan fingerprint density at radius 2 is 1.57 bits per heavy atom. The van der Waals surface area contributed by atoms with Crippen molar-refractivity contribution in [1.82, 2.24) is 4.90 Å². The fraction of sp³-hybridized carbons (Fsp3) is 0.750. The van der Waals surface area contributed by atoms with Crippen molar-refractivity contribution in [1.29, 1.82) is 0 Å². The van der Waals surface area contributed by atoms with Crippen LogP contribution in [0.15, 0.2) is 0 Å². The summed E-state index contributed by atoms with van der Waals surface area (Å²) in [5.41, 5.74) is 0. The van der Waals surface area contributed by atoms with E-state index in [4.69, 9.17) is 0 Å². The van der Waals surface area contributed by atoms with Crippen molar-refractivity contribution in [2.45, 2.75) is 6.92 Å². The van der Waals surface area contributed by atoms with E-state index < -0.39 is 0 Å². The van der Waals surface area contributed by atoms with Crippen molar-refractivity contribution >= 4 is 43.6 Å². The van der Waals surface area contributed by atoms with E-state index in [0.29, 0.717) is 0 Å². The second-order valence-electron chi connectivity index (χ2n) is 1.41. The zero-order chi connectivity index (χ0) is 5.15. The van der Waals surface area contributed by atoms with Gasteiger partial charge in [0.1, 0.15) is 0 Å². The molecule has 2 nitrogen and oxygen atoms in total. The molecule has 0 rings (SSSR count). The zero-order valence-electron chi connectivity index (χ0n) is 4.36. The Hall–Kier alpha value is 0.730. The Balaban J connectivity index is 0. The first kappa shape index (κ1) is 10.7. The van der Waals surface area contributed by atoms with E-state index in [-0.39, 0.29) is 43.6 Å². The van der Waals surface area contributed by atoms with E-state index in [1.54, 1.807) is 14.1 Å². The predicted octanol–water partition coefficient (Wildman–Crippen LogP) is -0.822. The minimum absolute atomic E-state index is 0. The van der Waals surface area contributed by atoms with Gasteiger partial charge in [0.15, 0.2) is 0 Å². The third kappa shape index (κ3) is 6.73. The van der Waals surface area contributed by atoms with E-state index in [1.807, 2.05) is 0 Å². The molecule has 0 bridgehead atoms. The Kier molecular flexibility index (Phi) is 7.43. The molecule has 0 saturated carbocycles. The van der Waals surface area contributed by atoms with E-state index in [9.17, 15) is 4.79 Å². The van der Waals surface area contributed by atoms with Crippen LogP contribution in [0.3, 0.4) is 0 Å². The number of carbonyl (C=O) groups excluding carboxylic acids is 1. The number of carbonyl (C=O) groups is 1. The van der Waals surface area contributed by atoms with Gasteiger partial charge in [-0.25, -0.2) is 0 Å². The number of nitrogens with zero attached hydrogens (tertiary/aromatic N) is 1. The molecule has 0 saturated heterocycles. The summed E-state index contributed by atoms with van der Waals surface area (Å²) in [4.78, 5) is 11.6. The molecule has 0 aromatic heterocycles. The van der Waals surface area contributed by atoms with Crippen molar-refractivity contribution in [2.24, 2.45) is 0 Å². The average molecular weight is 129 g/mol. The van der Waals surface area contributed by atoms with Crippen molar-refractivity contribution in [3.05, 3.63) is 0 Å². The Labute approximate surface area is 73.9 Å². The van der Waals surface area contributed by atoms with Crippen LogP contribution in [0.5, 0.6) is 0 Å². The minimum atomic E-state index is 0. The van der Waals surface area contributed by atoms with Gasteiger partial charge in [0.05, 0.1) is 0 Å². The maximum absolute atomic E-state index is 10.1. The summed E-state index contributed by atoms with van der Waals surface area (Å²) >= 11 is 0. The maximum atomic E-state index is 10.1. The van der Waals surface area contributed by atoms with E-state index in [2.05, 4.69) is 0 Å². The molecule has 1 amide bonds. The van der Waals surface area contributed by atoms with Crippen molar-refractivity contribution in [3.8, 4) is 0 Å². The summed E-state index contributed by atoms with van der Waals surface area (Å²) in [6.45, 7) is 1.53. The summed E-state index contributed by atoms with van der Waals surface area (Å²) in [6, 6.07) is 0. The van der Waals surface area contributed by atoms with Crippen LogP contribution < -0.4 is 0 Å². The molecule has 0 fully saturated rings. The SMILES string of the molecule is CC(=O)N(C)C.[CaH2]. The number of amides is 1. The zero-order valence-corrected chi connectivity index (χ0v) is 4.36. The second-order valence-corrected chi connectivity index (χ2v) is 1.41. The predicted molar refractivity (Wildman–Crippen MR) is 32.9 cm³/mol. The van der Waals surface area contributed by atoms with Gasteiger partial charge in [0, 0.05) is 21.0 Å². The number of rotatable bonds is 0. The van der Waals surface area contributed by atoms with Crippen LogP contribution in [0, 0.1) is 0 Å². The Bertz CT molecular complexity index is 62.7. The Morgan fingerprint density at radius 1 is 1.43 bits per heavy atom. The van der Waals surface area contributed by atoms with Gasteiger partial charge in [-0.1, -0.05) is 0 Å². The Morgan fingerprint density at radius 3 is 1.57 bits per heavy atom. The van der Waals surface area contributed by atoms with Crippen LogP contribution in [0.1, 0.15) is 6.92 Å². The molecule has 3 heteroatoms. The normalized spacial score (nSPS) is 6.71. The summed E-state index contributed by atoms with van der Waals surface area (Å²) in [7, 11) is 3.45. The van der Waals surface area contributed by atoms with Crippen molar-refractivity contribution in [2.75, 3.05) is 14.1 Å². The second kappa shape index (κ2) is 4.88. The van der Waals surface area contributed by atoms with Gasteiger partial charge in [-0.2, -0.15) is 0 Å². The van der Waals surface area contributed by atoms with Gasteiger partial charge in [0.25, 0.3) is 0 Å².